The first-order valence-corrected chi connectivity index (χ1v) is 10.1. The molecule has 0 bridgehead atoms. The van der Waals surface area contributed by atoms with E-state index in [9.17, 15) is 19.5 Å². The summed E-state index contributed by atoms with van der Waals surface area (Å²) in [6, 6.07) is 12.0. The fraction of sp³-hybridized carbons (Fsp3) is 0.292. The van der Waals surface area contributed by atoms with Crippen LogP contribution in [0.1, 0.15) is 43.0 Å². The van der Waals surface area contributed by atoms with Gasteiger partial charge in [0.25, 0.3) is 5.91 Å². The molecule has 0 unspecified atom stereocenters. The normalized spacial score (nSPS) is 12.9. The first-order valence-electron chi connectivity index (χ1n) is 10.1. The molecule has 2 atom stereocenters. The van der Waals surface area contributed by atoms with Gasteiger partial charge in [-0.15, -0.1) is 0 Å². The minimum atomic E-state index is -1.42. The van der Waals surface area contributed by atoms with Crippen molar-refractivity contribution in [2.45, 2.75) is 45.8 Å². The van der Waals surface area contributed by atoms with Crippen LogP contribution in [-0.2, 0) is 16.0 Å². The summed E-state index contributed by atoms with van der Waals surface area (Å²) in [5, 5.41) is 14.8. The molecular formula is C24H24NO6-. The molecule has 1 aromatic heterocycles. The molecular weight excluding hydrogens is 398 g/mol. The van der Waals surface area contributed by atoms with Gasteiger partial charge in [-0.05, 0) is 43.5 Å². The lowest BCUT2D eigenvalue weighted by atomic mass is 10.0. The third kappa shape index (κ3) is 4.94. The summed E-state index contributed by atoms with van der Waals surface area (Å²) in [5.74, 6) is -1.66. The van der Waals surface area contributed by atoms with Gasteiger partial charge in [-0.2, -0.15) is 0 Å². The summed E-state index contributed by atoms with van der Waals surface area (Å²) in [7, 11) is 0. The minimum absolute atomic E-state index is 0.372. The van der Waals surface area contributed by atoms with Gasteiger partial charge in [0.2, 0.25) is 0 Å². The smallest absolute Gasteiger partial charge is 0.336 e. The maximum atomic E-state index is 12.6. The molecule has 0 aliphatic rings. The van der Waals surface area contributed by atoms with Gasteiger partial charge < -0.3 is 24.4 Å². The Morgan fingerprint density at radius 3 is 2.52 bits per heavy atom. The van der Waals surface area contributed by atoms with Gasteiger partial charge in [0.05, 0.1) is 12.0 Å². The van der Waals surface area contributed by atoms with Crippen LogP contribution in [-0.4, -0.2) is 18.0 Å². The molecule has 7 heteroatoms. The Morgan fingerprint density at radius 2 is 1.87 bits per heavy atom. The number of hydrogen-bond acceptors (Lipinski definition) is 6. The lowest BCUT2D eigenvalue weighted by Crippen LogP contribution is -2.45. The molecule has 1 N–H and O–H groups in total. The molecule has 0 fully saturated rings. The molecule has 31 heavy (non-hydrogen) atoms. The molecule has 1 amide bonds. The Labute approximate surface area is 179 Å². The van der Waals surface area contributed by atoms with E-state index in [1.165, 1.54) is 13.0 Å². The fourth-order valence-electron chi connectivity index (χ4n) is 3.44. The molecule has 0 saturated heterocycles. The number of nitrogens with one attached hydrogen (secondary N) is 1. The number of rotatable bonds is 8. The molecule has 0 aliphatic heterocycles. The largest absolute Gasteiger partial charge is 0.548 e. The third-order valence-electron chi connectivity index (χ3n) is 5.04. The number of carboxylic acid groups (broad SMARTS) is 1. The second kappa shape index (κ2) is 9.47. The highest BCUT2D eigenvalue weighted by molar-refractivity contribution is 5.87. The SMILES string of the molecule is CCCc1cc(=O)oc2c(C)c(O[C@@H](C)C(=O)N[C@H](C(=O)[O-])c3ccccc3)ccc12. The summed E-state index contributed by atoms with van der Waals surface area (Å²) < 4.78 is 11.2. The van der Waals surface area contributed by atoms with Crippen LogP contribution in [0.3, 0.4) is 0 Å². The van der Waals surface area contributed by atoms with Crippen LogP contribution < -0.4 is 20.8 Å². The van der Waals surface area contributed by atoms with E-state index in [0.29, 0.717) is 22.5 Å². The predicted molar refractivity (Wildman–Crippen MR) is 114 cm³/mol. The van der Waals surface area contributed by atoms with E-state index in [-0.39, 0.29) is 0 Å². The van der Waals surface area contributed by atoms with Crippen molar-refractivity contribution < 1.29 is 23.8 Å². The number of benzene rings is 2. The predicted octanol–water partition coefficient (Wildman–Crippen LogP) is 2.43. The average Bonchev–Trinajstić information content (AvgIpc) is 2.74. The summed E-state index contributed by atoms with van der Waals surface area (Å²) >= 11 is 0. The Balaban J connectivity index is 1.83. The van der Waals surface area contributed by atoms with E-state index < -0.39 is 29.6 Å². The van der Waals surface area contributed by atoms with Crippen LogP contribution in [0.4, 0.5) is 0 Å². The van der Waals surface area contributed by atoms with Crippen molar-refractivity contribution in [3.63, 3.8) is 0 Å². The zero-order valence-electron chi connectivity index (χ0n) is 17.6. The van der Waals surface area contributed by atoms with Crippen molar-refractivity contribution in [1.82, 2.24) is 5.32 Å². The maximum Gasteiger partial charge on any atom is 0.336 e. The number of carbonyl (C=O) groups is 2. The number of ether oxygens (including phenoxy) is 1. The molecule has 0 radical (unpaired) electrons. The third-order valence-corrected chi connectivity index (χ3v) is 5.04. The van der Waals surface area contributed by atoms with Crippen molar-refractivity contribution >= 4 is 22.8 Å². The fourth-order valence-corrected chi connectivity index (χ4v) is 3.44. The molecule has 0 saturated carbocycles. The van der Waals surface area contributed by atoms with Gasteiger partial charge >= 0.3 is 5.63 Å². The maximum absolute atomic E-state index is 12.6. The van der Waals surface area contributed by atoms with Crippen LogP contribution in [0.5, 0.6) is 5.75 Å². The van der Waals surface area contributed by atoms with Crippen LogP contribution in [0.15, 0.2) is 57.7 Å². The number of carboxylic acids is 1. The number of hydrogen-bond donors (Lipinski definition) is 1. The highest BCUT2D eigenvalue weighted by Gasteiger charge is 2.22. The standard InChI is InChI=1S/C24H25NO6/c1-4-8-17-13-20(26)31-22-14(2)19(12-11-18(17)22)30-15(3)23(27)25-21(24(28)29)16-9-6-5-7-10-16/h5-7,9-13,15,21H,4,8H2,1-3H3,(H,25,27)(H,28,29)/p-1/t15-,21-/m0/s1. The lowest BCUT2D eigenvalue weighted by Gasteiger charge is -2.23. The van der Waals surface area contributed by atoms with Crippen LogP contribution in [0.25, 0.3) is 11.0 Å². The zero-order valence-corrected chi connectivity index (χ0v) is 17.6. The number of fused-ring (bicyclic) bond motifs is 1. The quantitative estimate of drug-likeness (QED) is 0.559. The van der Waals surface area contributed by atoms with Gasteiger partial charge in [0.15, 0.2) is 6.10 Å². The molecule has 1 heterocycles. The van der Waals surface area contributed by atoms with Gasteiger partial charge in [-0.3, -0.25) is 4.79 Å². The van der Waals surface area contributed by atoms with E-state index >= 15 is 0 Å². The van der Waals surface area contributed by atoms with Crippen molar-refractivity contribution in [2.75, 3.05) is 0 Å². The average molecular weight is 422 g/mol. The summed E-state index contributed by atoms with van der Waals surface area (Å²) in [4.78, 5) is 36.1. The minimum Gasteiger partial charge on any atom is -0.548 e. The van der Waals surface area contributed by atoms with Gasteiger partial charge in [0.1, 0.15) is 11.3 Å². The summed E-state index contributed by atoms with van der Waals surface area (Å²) in [5.41, 5.74) is 1.86. The number of amides is 1. The molecule has 3 rings (SSSR count). The van der Waals surface area contributed by atoms with Crippen molar-refractivity contribution in [1.29, 1.82) is 0 Å². The Kier molecular flexibility index (Phi) is 6.74. The number of aryl methyl sites for hydroxylation is 2. The number of carbonyl (C=O) groups excluding carboxylic acids is 2. The van der Waals surface area contributed by atoms with Gasteiger partial charge in [-0.25, -0.2) is 4.79 Å². The summed E-state index contributed by atoms with van der Waals surface area (Å²) in [6.45, 7) is 5.29. The van der Waals surface area contributed by atoms with E-state index in [1.807, 2.05) is 6.92 Å². The van der Waals surface area contributed by atoms with Crippen molar-refractivity contribution in [3.05, 3.63) is 75.6 Å². The molecule has 0 spiro atoms. The van der Waals surface area contributed by atoms with Crippen LogP contribution in [0.2, 0.25) is 0 Å². The molecule has 3 aromatic rings. The monoisotopic (exact) mass is 422 g/mol. The molecule has 0 aliphatic carbocycles. The molecule has 162 valence electrons. The van der Waals surface area contributed by atoms with Crippen LogP contribution in [0, 0.1) is 6.92 Å². The Hall–Kier alpha value is -3.61. The van der Waals surface area contributed by atoms with Crippen LogP contribution >= 0.6 is 0 Å². The lowest BCUT2D eigenvalue weighted by molar-refractivity contribution is -0.308. The van der Waals surface area contributed by atoms with E-state index in [2.05, 4.69) is 5.32 Å². The Bertz CT molecular complexity index is 1150. The second-order valence-corrected chi connectivity index (χ2v) is 7.34. The first kappa shape index (κ1) is 22.1. The van der Waals surface area contributed by atoms with E-state index in [0.717, 1.165) is 23.8 Å². The van der Waals surface area contributed by atoms with Gasteiger partial charge in [-0.1, -0.05) is 43.7 Å². The molecule has 7 nitrogen and oxygen atoms in total. The van der Waals surface area contributed by atoms with Gasteiger partial charge in [0, 0.05) is 17.0 Å². The van der Waals surface area contributed by atoms with Crippen molar-refractivity contribution in [3.8, 4) is 5.75 Å². The molecule has 2 aromatic carbocycles. The van der Waals surface area contributed by atoms with E-state index in [1.54, 1.807) is 49.4 Å². The van der Waals surface area contributed by atoms with E-state index in [4.69, 9.17) is 9.15 Å². The topological polar surface area (TPSA) is 109 Å². The highest BCUT2D eigenvalue weighted by Crippen LogP contribution is 2.29. The summed E-state index contributed by atoms with van der Waals surface area (Å²) in [6.07, 6.45) is 0.630. The first-order chi connectivity index (χ1) is 14.8. The highest BCUT2D eigenvalue weighted by atomic mass is 16.5. The second-order valence-electron chi connectivity index (χ2n) is 7.34. The van der Waals surface area contributed by atoms with Crippen molar-refractivity contribution in [2.24, 2.45) is 0 Å². The number of aliphatic carboxylic acids is 1. The zero-order chi connectivity index (χ0) is 22.5. The Morgan fingerprint density at radius 1 is 1.16 bits per heavy atom.